The van der Waals surface area contributed by atoms with Gasteiger partial charge in [0, 0.05) is 19.2 Å². The van der Waals surface area contributed by atoms with E-state index in [0.29, 0.717) is 6.54 Å². The van der Waals surface area contributed by atoms with Gasteiger partial charge in [0.1, 0.15) is 12.6 Å². The van der Waals surface area contributed by atoms with Crippen molar-refractivity contribution >= 4 is 24.2 Å². The Morgan fingerprint density at radius 3 is 2.21 bits per heavy atom. The van der Waals surface area contributed by atoms with Gasteiger partial charge in [0.2, 0.25) is 11.8 Å². The third-order valence-electron chi connectivity index (χ3n) is 2.26. The van der Waals surface area contributed by atoms with Crippen molar-refractivity contribution in [2.45, 2.75) is 39.3 Å². The molecule has 0 aliphatic rings. The average molecular weight is 296 g/mol. The molecule has 0 fully saturated rings. The number of hydrogen-bond donors (Lipinski definition) is 3. The summed E-state index contributed by atoms with van der Waals surface area (Å²) in [6.45, 7) is 7.67. The zero-order valence-corrected chi connectivity index (χ0v) is 13.1. The highest BCUT2D eigenvalue weighted by Crippen LogP contribution is 2.03. The largest absolute Gasteiger partial charge is 0.375 e. The van der Waals surface area contributed by atoms with E-state index >= 15 is 0 Å². The van der Waals surface area contributed by atoms with Crippen LogP contribution in [0, 0.1) is 5.92 Å². The minimum absolute atomic E-state index is 0. The number of rotatable bonds is 7. The first-order chi connectivity index (χ1) is 8.17. The van der Waals surface area contributed by atoms with Crippen LogP contribution in [0.5, 0.6) is 0 Å². The highest BCUT2D eigenvalue weighted by molar-refractivity contribution is 5.88. The Morgan fingerprint density at radius 2 is 1.84 bits per heavy atom. The molecule has 0 aromatic carbocycles. The lowest BCUT2D eigenvalue weighted by molar-refractivity contribution is -0.132. The highest BCUT2D eigenvalue weighted by atomic mass is 35.5. The minimum Gasteiger partial charge on any atom is -0.375 e. The first-order valence-electron chi connectivity index (χ1n) is 6.02. The van der Waals surface area contributed by atoms with Crippen molar-refractivity contribution in [3.8, 4) is 0 Å². The van der Waals surface area contributed by atoms with E-state index in [9.17, 15) is 9.59 Å². The highest BCUT2D eigenvalue weighted by Gasteiger charge is 2.25. The molecule has 0 spiro atoms. The van der Waals surface area contributed by atoms with Gasteiger partial charge in [-0.3, -0.25) is 9.59 Å². The van der Waals surface area contributed by atoms with Crippen LogP contribution >= 0.6 is 12.4 Å². The minimum atomic E-state index is -0.574. The molecule has 2 amide bonds. The van der Waals surface area contributed by atoms with Crippen molar-refractivity contribution < 1.29 is 14.3 Å². The first kappa shape index (κ1) is 20.5. The van der Waals surface area contributed by atoms with Crippen LogP contribution < -0.4 is 16.4 Å². The second-order valence-corrected chi connectivity index (χ2v) is 5.43. The summed E-state index contributed by atoms with van der Waals surface area (Å²) in [6, 6.07) is -0.574. The molecule has 0 heterocycles. The Balaban J connectivity index is 0. The smallest absolute Gasteiger partial charge is 0.246 e. The number of nitrogens with one attached hydrogen (secondary N) is 2. The first-order valence-corrected chi connectivity index (χ1v) is 6.02. The van der Waals surface area contributed by atoms with Gasteiger partial charge in [0.15, 0.2) is 0 Å². The van der Waals surface area contributed by atoms with Gasteiger partial charge in [0.25, 0.3) is 0 Å². The van der Waals surface area contributed by atoms with E-state index in [1.807, 2.05) is 27.7 Å². The maximum absolute atomic E-state index is 11.9. The molecule has 0 aromatic heterocycles. The topological polar surface area (TPSA) is 93.4 Å². The van der Waals surface area contributed by atoms with Crippen molar-refractivity contribution in [2.24, 2.45) is 11.7 Å². The fourth-order valence-corrected chi connectivity index (χ4v) is 1.31. The summed E-state index contributed by atoms with van der Waals surface area (Å²) in [5, 5.41) is 5.37. The van der Waals surface area contributed by atoms with E-state index in [-0.39, 0.29) is 36.7 Å². The molecule has 19 heavy (non-hydrogen) atoms. The quantitative estimate of drug-likeness (QED) is 0.619. The second kappa shape index (κ2) is 9.12. The van der Waals surface area contributed by atoms with Crippen molar-refractivity contribution in [1.82, 2.24) is 10.6 Å². The van der Waals surface area contributed by atoms with E-state index in [1.165, 1.54) is 7.11 Å². The Morgan fingerprint density at radius 1 is 1.32 bits per heavy atom. The number of ether oxygens (including phenoxy) is 1. The molecule has 1 atom stereocenters. The molecular formula is C12H26ClN3O3. The number of carbonyl (C=O) groups is 2. The molecule has 0 radical (unpaired) electrons. The van der Waals surface area contributed by atoms with Crippen LogP contribution in [0.3, 0.4) is 0 Å². The van der Waals surface area contributed by atoms with Crippen molar-refractivity contribution in [1.29, 1.82) is 0 Å². The summed E-state index contributed by atoms with van der Waals surface area (Å²) in [7, 11) is 1.43. The van der Waals surface area contributed by atoms with E-state index in [0.717, 1.165) is 0 Å². The lowest BCUT2D eigenvalue weighted by Gasteiger charge is -2.24. The van der Waals surface area contributed by atoms with Crippen molar-refractivity contribution in [3.63, 3.8) is 0 Å². The van der Waals surface area contributed by atoms with Crippen LogP contribution in [-0.2, 0) is 14.3 Å². The summed E-state index contributed by atoms with van der Waals surface area (Å²) in [5.74, 6) is -0.543. The SMILES string of the molecule is COCC(=O)N[C@H](C(=O)NCC(C)(C)N)C(C)C.Cl. The molecule has 7 heteroatoms. The zero-order valence-electron chi connectivity index (χ0n) is 12.3. The lowest BCUT2D eigenvalue weighted by atomic mass is 10.0. The summed E-state index contributed by atoms with van der Waals surface area (Å²) >= 11 is 0. The molecule has 0 saturated carbocycles. The van der Waals surface area contributed by atoms with Gasteiger partial charge in [-0.2, -0.15) is 0 Å². The van der Waals surface area contributed by atoms with Gasteiger partial charge in [-0.05, 0) is 19.8 Å². The van der Waals surface area contributed by atoms with Crippen LogP contribution in [0.15, 0.2) is 0 Å². The normalized spacial score (nSPS) is 12.6. The molecule has 6 nitrogen and oxygen atoms in total. The van der Waals surface area contributed by atoms with Crippen molar-refractivity contribution in [2.75, 3.05) is 20.3 Å². The van der Waals surface area contributed by atoms with Crippen LogP contribution in [0.4, 0.5) is 0 Å². The number of methoxy groups -OCH3 is 1. The van der Waals surface area contributed by atoms with Gasteiger partial charge in [0.05, 0.1) is 0 Å². The molecular weight excluding hydrogens is 270 g/mol. The number of nitrogens with two attached hydrogens (primary N) is 1. The van der Waals surface area contributed by atoms with Crippen molar-refractivity contribution in [3.05, 3.63) is 0 Å². The summed E-state index contributed by atoms with van der Waals surface area (Å²) < 4.78 is 4.71. The molecule has 0 aliphatic carbocycles. The van der Waals surface area contributed by atoms with E-state index < -0.39 is 11.6 Å². The Bertz CT molecular complexity index is 290. The monoisotopic (exact) mass is 295 g/mol. The maximum Gasteiger partial charge on any atom is 0.246 e. The molecule has 4 N–H and O–H groups in total. The lowest BCUT2D eigenvalue weighted by Crippen LogP contribution is -2.54. The number of carbonyl (C=O) groups excluding carboxylic acids is 2. The molecule has 0 saturated heterocycles. The fourth-order valence-electron chi connectivity index (χ4n) is 1.31. The molecule has 0 rings (SSSR count). The van der Waals surface area contributed by atoms with Gasteiger partial charge < -0.3 is 21.1 Å². The molecule has 114 valence electrons. The van der Waals surface area contributed by atoms with E-state index in [2.05, 4.69) is 10.6 Å². The average Bonchev–Trinajstić information content (AvgIpc) is 2.21. The Hall–Kier alpha value is -0.850. The second-order valence-electron chi connectivity index (χ2n) is 5.43. The third-order valence-corrected chi connectivity index (χ3v) is 2.26. The number of amides is 2. The maximum atomic E-state index is 11.9. The summed E-state index contributed by atoms with van der Waals surface area (Å²) in [4.78, 5) is 23.4. The molecule has 0 unspecified atom stereocenters. The fraction of sp³-hybridized carbons (Fsp3) is 0.833. The summed E-state index contributed by atoms with van der Waals surface area (Å²) in [5.41, 5.74) is 5.31. The van der Waals surface area contributed by atoms with Crippen LogP contribution in [-0.4, -0.2) is 43.7 Å². The van der Waals surface area contributed by atoms with Crippen LogP contribution in [0.25, 0.3) is 0 Å². The van der Waals surface area contributed by atoms with E-state index in [4.69, 9.17) is 10.5 Å². The molecule has 0 bridgehead atoms. The van der Waals surface area contributed by atoms with Gasteiger partial charge in [-0.15, -0.1) is 12.4 Å². The molecule has 0 aliphatic heterocycles. The zero-order chi connectivity index (χ0) is 14.3. The van der Waals surface area contributed by atoms with Gasteiger partial charge in [-0.25, -0.2) is 0 Å². The predicted molar refractivity (Wildman–Crippen MR) is 77.2 cm³/mol. The van der Waals surface area contributed by atoms with Crippen LogP contribution in [0.2, 0.25) is 0 Å². The van der Waals surface area contributed by atoms with Gasteiger partial charge >= 0.3 is 0 Å². The number of halogens is 1. The molecule has 0 aromatic rings. The standard InChI is InChI=1S/C12H25N3O3.ClH/c1-8(2)10(15-9(16)6-18-5)11(17)14-7-12(3,4)13;/h8,10H,6-7,13H2,1-5H3,(H,14,17)(H,15,16);1H/t10-;/m0./s1. The third kappa shape index (κ3) is 9.69. The van der Waals surface area contributed by atoms with E-state index in [1.54, 1.807) is 0 Å². The van der Waals surface area contributed by atoms with Gasteiger partial charge in [-0.1, -0.05) is 13.8 Å². The Labute approximate surface area is 121 Å². The Kier molecular flexibility index (Phi) is 9.82. The van der Waals surface area contributed by atoms with Crippen LogP contribution in [0.1, 0.15) is 27.7 Å². The number of hydrogen-bond acceptors (Lipinski definition) is 4. The predicted octanol–water partition coefficient (Wildman–Crippen LogP) is 0.0489. The summed E-state index contributed by atoms with van der Waals surface area (Å²) in [6.07, 6.45) is 0.